The van der Waals surface area contributed by atoms with Crippen LogP contribution < -0.4 is 14.8 Å². The number of carbonyl (C=O) groups excluding carboxylic acids is 1. The van der Waals surface area contributed by atoms with E-state index in [1.165, 1.54) is 0 Å². The summed E-state index contributed by atoms with van der Waals surface area (Å²) in [6.07, 6.45) is 1.63. The third-order valence-corrected chi connectivity index (χ3v) is 5.61. The van der Waals surface area contributed by atoms with Gasteiger partial charge in [0.2, 0.25) is 6.79 Å². The van der Waals surface area contributed by atoms with Crippen molar-refractivity contribution in [3.05, 3.63) is 52.9 Å². The zero-order chi connectivity index (χ0) is 19.8. The maximum atomic E-state index is 12.5. The molecule has 0 atom stereocenters. The van der Waals surface area contributed by atoms with Gasteiger partial charge in [-0.15, -0.1) is 0 Å². The van der Waals surface area contributed by atoms with E-state index in [1.807, 2.05) is 35.2 Å². The number of likely N-dealkylation sites (tertiary alicyclic amines) is 1. The number of halogens is 1. The monoisotopic (exact) mass is 413 g/mol. The fourth-order valence-corrected chi connectivity index (χ4v) is 3.93. The molecule has 0 bridgehead atoms. The molecule has 7 nitrogen and oxygen atoms in total. The number of oxazole rings is 1. The highest BCUT2D eigenvalue weighted by Crippen LogP contribution is 2.33. The second kappa shape index (κ2) is 7.48. The summed E-state index contributed by atoms with van der Waals surface area (Å²) in [4.78, 5) is 18.9. The number of nitrogens with zero attached hydrogens (tertiary/aromatic N) is 2. The highest BCUT2D eigenvalue weighted by Gasteiger charge is 2.27. The molecule has 2 aliphatic rings. The molecule has 5 rings (SSSR count). The van der Waals surface area contributed by atoms with Crippen molar-refractivity contribution in [2.45, 2.75) is 25.3 Å². The Morgan fingerprint density at radius 1 is 1.14 bits per heavy atom. The van der Waals surface area contributed by atoms with Gasteiger partial charge in [0.05, 0.1) is 0 Å². The molecule has 0 spiro atoms. The van der Waals surface area contributed by atoms with E-state index >= 15 is 0 Å². The molecule has 3 aromatic rings. The quantitative estimate of drug-likeness (QED) is 0.692. The molecule has 1 fully saturated rings. The number of carbonyl (C=O) groups is 1. The standard InChI is InChI=1S/C21H20ClN3O4/c22-15-2-4-17-16(10-15)24-20(29-17)14-5-7-25(8-6-14)21(26)23-11-13-1-3-18-19(9-13)28-12-27-18/h1-4,9-10,14H,5-8,11-12H2,(H,23,26). The SMILES string of the molecule is O=C(NCc1ccc2c(c1)OCO2)N1CCC(c2nc3cc(Cl)ccc3o2)CC1. The number of hydrogen-bond acceptors (Lipinski definition) is 5. The van der Waals surface area contributed by atoms with Crippen molar-refractivity contribution in [1.29, 1.82) is 0 Å². The molecule has 0 aliphatic carbocycles. The van der Waals surface area contributed by atoms with Crippen LogP contribution in [0.4, 0.5) is 4.79 Å². The minimum atomic E-state index is -0.0644. The summed E-state index contributed by atoms with van der Waals surface area (Å²) in [6, 6.07) is 11.1. The molecule has 1 aromatic heterocycles. The van der Waals surface area contributed by atoms with Gasteiger partial charge >= 0.3 is 6.03 Å². The third kappa shape index (κ3) is 3.70. The van der Waals surface area contributed by atoms with Crippen LogP contribution in [-0.2, 0) is 6.54 Å². The largest absolute Gasteiger partial charge is 0.454 e. The van der Waals surface area contributed by atoms with Crippen molar-refractivity contribution in [3.63, 3.8) is 0 Å². The number of nitrogens with one attached hydrogen (secondary N) is 1. The van der Waals surface area contributed by atoms with Crippen LogP contribution in [0.25, 0.3) is 11.1 Å². The molecule has 3 heterocycles. The van der Waals surface area contributed by atoms with Crippen molar-refractivity contribution in [2.75, 3.05) is 19.9 Å². The van der Waals surface area contributed by atoms with E-state index in [-0.39, 0.29) is 18.7 Å². The highest BCUT2D eigenvalue weighted by atomic mass is 35.5. The van der Waals surface area contributed by atoms with E-state index in [4.69, 9.17) is 25.5 Å². The van der Waals surface area contributed by atoms with Crippen molar-refractivity contribution >= 4 is 28.7 Å². The first-order valence-corrected chi connectivity index (χ1v) is 10.0. The van der Waals surface area contributed by atoms with E-state index in [2.05, 4.69) is 10.3 Å². The molecular weight excluding hydrogens is 394 g/mol. The predicted octanol–water partition coefficient (Wildman–Crippen LogP) is 4.30. The average molecular weight is 414 g/mol. The van der Waals surface area contributed by atoms with Crippen LogP contribution in [0.3, 0.4) is 0 Å². The summed E-state index contributed by atoms with van der Waals surface area (Å²) in [5.41, 5.74) is 2.49. The Bertz CT molecular complexity index is 1060. The Kier molecular flexibility index (Phi) is 4.67. The first-order chi connectivity index (χ1) is 14.2. The van der Waals surface area contributed by atoms with Gasteiger partial charge in [-0.3, -0.25) is 0 Å². The number of amides is 2. The number of rotatable bonds is 3. The number of fused-ring (bicyclic) bond motifs is 2. The molecule has 0 saturated carbocycles. The fraction of sp³-hybridized carbons (Fsp3) is 0.333. The molecule has 1 N–H and O–H groups in total. The van der Waals surface area contributed by atoms with Gasteiger partial charge in [0.15, 0.2) is 23.0 Å². The summed E-state index contributed by atoms with van der Waals surface area (Å²) in [5, 5.41) is 3.62. The molecule has 1 saturated heterocycles. The normalized spacial score (nSPS) is 16.4. The van der Waals surface area contributed by atoms with Crippen LogP contribution in [-0.4, -0.2) is 35.8 Å². The van der Waals surface area contributed by atoms with E-state index in [9.17, 15) is 4.79 Å². The van der Waals surface area contributed by atoms with E-state index in [0.717, 1.165) is 46.9 Å². The maximum absolute atomic E-state index is 12.5. The van der Waals surface area contributed by atoms with Crippen LogP contribution in [0.5, 0.6) is 11.5 Å². The Hall–Kier alpha value is -2.93. The lowest BCUT2D eigenvalue weighted by Gasteiger charge is -2.30. The number of aromatic nitrogens is 1. The summed E-state index contributed by atoms with van der Waals surface area (Å²) in [6.45, 7) is 2.02. The Labute approximate surface area is 172 Å². The number of benzene rings is 2. The van der Waals surface area contributed by atoms with Gasteiger partial charge in [0.1, 0.15) is 5.52 Å². The number of hydrogen-bond donors (Lipinski definition) is 1. The van der Waals surface area contributed by atoms with Gasteiger partial charge in [-0.1, -0.05) is 17.7 Å². The van der Waals surface area contributed by atoms with E-state index in [0.29, 0.717) is 24.7 Å². The zero-order valence-corrected chi connectivity index (χ0v) is 16.4. The van der Waals surface area contributed by atoms with Gasteiger partial charge in [-0.2, -0.15) is 0 Å². The zero-order valence-electron chi connectivity index (χ0n) is 15.7. The molecule has 2 aromatic carbocycles. The van der Waals surface area contributed by atoms with Gasteiger partial charge < -0.3 is 24.1 Å². The number of ether oxygens (including phenoxy) is 2. The van der Waals surface area contributed by atoms with Crippen molar-refractivity contribution in [1.82, 2.24) is 15.2 Å². The van der Waals surface area contributed by atoms with Crippen molar-refractivity contribution in [3.8, 4) is 11.5 Å². The molecule has 29 heavy (non-hydrogen) atoms. The number of piperidine rings is 1. The lowest BCUT2D eigenvalue weighted by Crippen LogP contribution is -2.43. The van der Waals surface area contributed by atoms with Crippen LogP contribution in [0, 0.1) is 0 Å². The van der Waals surface area contributed by atoms with Crippen LogP contribution in [0.2, 0.25) is 5.02 Å². The summed E-state index contributed by atoms with van der Waals surface area (Å²) in [5.74, 6) is 2.39. The van der Waals surface area contributed by atoms with Crippen LogP contribution >= 0.6 is 11.6 Å². The first kappa shape index (κ1) is 18.1. The fourth-order valence-electron chi connectivity index (χ4n) is 3.76. The molecule has 150 valence electrons. The van der Waals surface area contributed by atoms with Crippen molar-refractivity contribution < 1.29 is 18.7 Å². The van der Waals surface area contributed by atoms with Gasteiger partial charge in [0.25, 0.3) is 0 Å². The molecule has 0 unspecified atom stereocenters. The molecule has 2 aliphatic heterocycles. The predicted molar refractivity (Wildman–Crippen MR) is 107 cm³/mol. The second-order valence-electron chi connectivity index (χ2n) is 7.27. The molecular formula is C21H20ClN3O4. The first-order valence-electron chi connectivity index (χ1n) is 9.63. The smallest absolute Gasteiger partial charge is 0.317 e. The summed E-state index contributed by atoms with van der Waals surface area (Å²) < 4.78 is 16.6. The van der Waals surface area contributed by atoms with Crippen LogP contribution in [0.1, 0.15) is 30.2 Å². The number of urea groups is 1. The molecule has 2 amide bonds. The second-order valence-corrected chi connectivity index (χ2v) is 7.71. The maximum Gasteiger partial charge on any atom is 0.317 e. The third-order valence-electron chi connectivity index (χ3n) is 5.38. The Balaban J connectivity index is 1.16. The van der Waals surface area contributed by atoms with Crippen molar-refractivity contribution in [2.24, 2.45) is 0 Å². The average Bonchev–Trinajstić information content (AvgIpc) is 3.38. The minimum absolute atomic E-state index is 0.0644. The lowest BCUT2D eigenvalue weighted by atomic mass is 9.97. The van der Waals surface area contributed by atoms with Gasteiger partial charge in [0, 0.05) is 30.6 Å². The summed E-state index contributed by atoms with van der Waals surface area (Å²) >= 11 is 6.02. The van der Waals surface area contributed by atoms with Crippen LogP contribution in [0.15, 0.2) is 40.8 Å². The van der Waals surface area contributed by atoms with Gasteiger partial charge in [-0.25, -0.2) is 9.78 Å². The molecule has 8 heteroatoms. The Morgan fingerprint density at radius 3 is 2.83 bits per heavy atom. The highest BCUT2D eigenvalue weighted by molar-refractivity contribution is 6.31. The molecule has 0 radical (unpaired) electrons. The van der Waals surface area contributed by atoms with Gasteiger partial charge in [-0.05, 0) is 48.7 Å². The summed E-state index contributed by atoms with van der Waals surface area (Å²) in [7, 11) is 0. The Morgan fingerprint density at radius 2 is 1.97 bits per heavy atom. The minimum Gasteiger partial charge on any atom is -0.454 e. The van der Waals surface area contributed by atoms with E-state index in [1.54, 1.807) is 6.07 Å². The lowest BCUT2D eigenvalue weighted by molar-refractivity contribution is 0.173. The topological polar surface area (TPSA) is 76.8 Å². The van der Waals surface area contributed by atoms with E-state index < -0.39 is 0 Å².